The zero-order chi connectivity index (χ0) is 11.4. The third-order valence-electron chi connectivity index (χ3n) is 2.62. The van der Waals surface area contributed by atoms with Crippen molar-refractivity contribution in [2.75, 3.05) is 13.1 Å². The standard InChI is InChI=1S/C11H18N4O/c1-15-8-9(7-14-15)11(16)13-6-2-5-12-10-3-4-10/h7-8,10,12H,2-6H2,1H3,(H,13,16). The summed E-state index contributed by atoms with van der Waals surface area (Å²) < 4.78 is 1.63. The molecule has 1 fully saturated rings. The Morgan fingerprint density at radius 1 is 1.56 bits per heavy atom. The number of aryl methyl sites for hydroxylation is 1. The summed E-state index contributed by atoms with van der Waals surface area (Å²) >= 11 is 0. The van der Waals surface area contributed by atoms with Crippen molar-refractivity contribution in [2.45, 2.75) is 25.3 Å². The summed E-state index contributed by atoms with van der Waals surface area (Å²) in [6.45, 7) is 1.70. The van der Waals surface area contributed by atoms with Crippen LogP contribution in [0.3, 0.4) is 0 Å². The van der Waals surface area contributed by atoms with E-state index in [0.29, 0.717) is 12.1 Å². The number of hydrogen-bond acceptors (Lipinski definition) is 3. The van der Waals surface area contributed by atoms with E-state index in [1.54, 1.807) is 24.1 Å². The van der Waals surface area contributed by atoms with E-state index in [0.717, 1.165) is 19.0 Å². The molecule has 1 aliphatic rings. The molecule has 2 rings (SSSR count). The third-order valence-corrected chi connectivity index (χ3v) is 2.62. The fourth-order valence-electron chi connectivity index (χ4n) is 1.52. The number of nitrogens with one attached hydrogen (secondary N) is 2. The molecule has 1 amide bonds. The van der Waals surface area contributed by atoms with E-state index in [-0.39, 0.29) is 5.91 Å². The monoisotopic (exact) mass is 222 g/mol. The van der Waals surface area contributed by atoms with Gasteiger partial charge in [0.1, 0.15) is 0 Å². The maximum atomic E-state index is 11.6. The maximum Gasteiger partial charge on any atom is 0.254 e. The molecule has 2 N–H and O–H groups in total. The van der Waals surface area contributed by atoms with Crippen molar-refractivity contribution < 1.29 is 4.79 Å². The highest BCUT2D eigenvalue weighted by atomic mass is 16.1. The molecule has 1 heterocycles. The molecule has 0 unspecified atom stereocenters. The van der Waals surface area contributed by atoms with Crippen LogP contribution in [0.15, 0.2) is 12.4 Å². The molecule has 0 aromatic carbocycles. The van der Waals surface area contributed by atoms with Gasteiger partial charge in [-0.2, -0.15) is 5.10 Å². The number of carbonyl (C=O) groups is 1. The SMILES string of the molecule is Cn1cc(C(=O)NCCCNC2CC2)cn1. The van der Waals surface area contributed by atoms with Crippen LogP contribution < -0.4 is 10.6 Å². The average Bonchev–Trinajstić information content (AvgIpc) is 2.99. The second-order valence-electron chi connectivity index (χ2n) is 4.24. The Morgan fingerprint density at radius 2 is 2.38 bits per heavy atom. The smallest absolute Gasteiger partial charge is 0.254 e. The predicted octanol–water partition coefficient (Wildman–Crippen LogP) is 0.292. The Kier molecular flexibility index (Phi) is 3.56. The molecule has 1 aliphatic carbocycles. The van der Waals surface area contributed by atoms with Crippen molar-refractivity contribution in [1.29, 1.82) is 0 Å². The highest BCUT2D eigenvalue weighted by Gasteiger charge is 2.19. The van der Waals surface area contributed by atoms with E-state index in [4.69, 9.17) is 0 Å². The molecular weight excluding hydrogens is 204 g/mol. The van der Waals surface area contributed by atoms with Crippen LogP contribution in [0.25, 0.3) is 0 Å². The van der Waals surface area contributed by atoms with Crippen molar-refractivity contribution in [3.63, 3.8) is 0 Å². The second-order valence-corrected chi connectivity index (χ2v) is 4.24. The summed E-state index contributed by atoms with van der Waals surface area (Å²) in [5.74, 6) is -0.0421. The topological polar surface area (TPSA) is 59.0 Å². The summed E-state index contributed by atoms with van der Waals surface area (Å²) in [6, 6.07) is 0.744. The Labute approximate surface area is 95.2 Å². The molecule has 1 aromatic heterocycles. The zero-order valence-electron chi connectivity index (χ0n) is 9.57. The number of rotatable bonds is 6. The summed E-state index contributed by atoms with van der Waals surface area (Å²) in [7, 11) is 1.80. The molecule has 1 saturated carbocycles. The van der Waals surface area contributed by atoms with Crippen LogP contribution in [0, 0.1) is 0 Å². The van der Waals surface area contributed by atoms with Gasteiger partial charge in [0.25, 0.3) is 5.91 Å². The van der Waals surface area contributed by atoms with Gasteiger partial charge < -0.3 is 10.6 Å². The van der Waals surface area contributed by atoms with E-state index in [1.807, 2.05) is 0 Å². The molecule has 88 valence electrons. The van der Waals surface area contributed by atoms with E-state index >= 15 is 0 Å². The molecule has 5 heteroatoms. The van der Waals surface area contributed by atoms with Gasteiger partial charge in [-0.05, 0) is 25.8 Å². The van der Waals surface area contributed by atoms with Gasteiger partial charge in [0.05, 0.1) is 11.8 Å². The van der Waals surface area contributed by atoms with E-state index < -0.39 is 0 Å². The molecule has 0 spiro atoms. The Morgan fingerprint density at radius 3 is 3.00 bits per heavy atom. The molecular formula is C11H18N4O. The minimum Gasteiger partial charge on any atom is -0.352 e. The first kappa shape index (κ1) is 11.1. The van der Waals surface area contributed by atoms with Crippen LogP contribution >= 0.6 is 0 Å². The number of nitrogens with zero attached hydrogens (tertiary/aromatic N) is 2. The molecule has 0 bridgehead atoms. The van der Waals surface area contributed by atoms with E-state index in [9.17, 15) is 4.79 Å². The van der Waals surface area contributed by atoms with Crippen LogP contribution in [0.5, 0.6) is 0 Å². The van der Waals surface area contributed by atoms with Crippen molar-refractivity contribution in [1.82, 2.24) is 20.4 Å². The summed E-state index contributed by atoms with van der Waals surface area (Å²) in [4.78, 5) is 11.6. The minimum atomic E-state index is -0.0421. The van der Waals surface area contributed by atoms with Crippen molar-refractivity contribution >= 4 is 5.91 Å². The normalized spacial score (nSPS) is 15.1. The highest BCUT2D eigenvalue weighted by Crippen LogP contribution is 2.18. The van der Waals surface area contributed by atoms with Crippen molar-refractivity contribution in [3.05, 3.63) is 18.0 Å². The van der Waals surface area contributed by atoms with Crippen molar-refractivity contribution in [2.24, 2.45) is 7.05 Å². The molecule has 1 aromatic rings. The van der Waals surface area contributed by atoms with Crippen LogP contribution in [0.2, 0.25) is 0 Å². The summed E-state index contributed by atoms with van der Waals surface area (Å²) in [6.07, 6.45) is 6.89. The van der Waals surface area contributed by atoms with Crippen molar-refractivity contribution in [3.8, 4) is 0 Å². The van der Waals surface area contributed by atoms with Gasteiger partial charge in [-0.3, -0.25) is 9.48 Å². The zero-order valence-corrected chi connectivity index (χ0v) is 9.57. The van der Waals surface area contributed by atoms with Gasteiger partial charge in [-0.15, -0.1) is 0 Å². The molecule has 5 nitrogen and oxygen atoms in total. The fraction of sp³-hybridized carbons (Fsp3) is 0.636. The number of amides is 1. The molecule has 16 heavy (non-hydrogen) atoms. The summed E-state index contributed by atoms with van der Waals surface area (Å²) in [5.41, 5.74) is 0.623. The lowest BCUT2D eigenvalue weighted by molar-refractivity contribution is 0.0953. The number of aromatic nitrogens is 2. The van der Waals surface area contributed by atoms with Crippen LogP contribution in [0.1, 0.15) is 29.6 Å². The molecule has 0 aliphatic heterocycles. The highest BCUT2D eigenvalue weighted by molar-refractivity contribution is 5.93. The van der Waals surface area contributed by atoms with Gasteiger partial charge in [0.2, 0.25) is 0 Å². The van der Waals surface area contributed by atoms with Gasteiger partial charge >= 0.3 is 0 Å². The lowest BCUT2D eigenvalue weighted by Gasteiger charge is -2.04. The Balaban J connectivity index is 1.59. The quantitative estimate of drug-likeness (QED) is 0.680. The van der Waals surface area contributed by atoms with Crippen LogP contribution in [-0.2, 0) is 7.05 Å². The second kappa shape index (κ2) is 5.12. The fourth-order valence-corrected chi connectivity index (χ4v) is 1.52. The van der Waals surface area contributed by atoms with Crippen LogP contribution in [0.4, 0.5) is 0 Å². The van der Waals surface area contributed by atoms with Gasteiger partial charge in [0, 0.05) is 25.8 Å². The lowest BCUT2D eigenvalue weighted by atomic mass is 10.3. The van der Waals surface area contributed by atoms with Gasteiger partial charge in [-0.1, -0.05) is 0 Å². The predicted molar refractivity (Wildman–Crippen MR) is 61.2 cm³/mol. The van der Waals surface area contributed by atoms with E-state index in [1.165, 1.54) is 12.8 Å². The van der Waals surface area contributed by atoms with E-state index in [2.05, 4.69) is 15.7 Å². The van der Waals surface area contributed by atoms with Gasteiger partial charge in [-0.25, -0.2) is 0 Å². The first-order valence-electron chi connectivity index (χ1n) is 5.76. The first-order chi connectivity index (χ1) is 7.75. The average molecular weight is 222 g/mol. The Bertz CT molecular complexity index is 357. The number of carbonyl (C=O) groups excluding carboxylic acids is 1. The third kappa shape index (κ3) is 3.34. The molecule has 0 radical (unpaired) electrons. The molecule has 0 saturated heterocycles. The van der Waals surface area contributed by atoms with Gasteiger partial charge in [0.15, 0.2) is 0 Å². The Hall–Kier alpha value is -1.36. The largest absolute Gasteiger partial charge is 0.352 e. The summed E-state index contributed by atoms with van der Waals surface area (Å²) in [5, 5.41) is 10.2. The first-order valence-corrected chi connectivity index (χ1v) is 5.76. The molecule has 0 atom stereocenters. The maximum absolute atomic E-state index is 11.6. The minimum absolute atomic E-state index is 0.0421. The van der Waals surface area contributed by atoms with Crippen LogP contribution in [-0.4, -0.2) is 34.8 Å². The lowest BCUT2D eigenvalue weighted by Crippen LogP contribution is -2.27. The number of hydrogen-bond donors (Lipinski definition) is 2.